The van der Waals surface area contributed by atoms with Crippen LogP contribution in [0.1, 0.15) is 30.5 Å². The van der Waals surface area contributed by atoms with Crippen LogP contribution < -0.4 is 5.32 Å². The summed E-state index contributed by atoms with van der Waals surface area (Å²) in [4.78, 5) is 0. The van der Waals surface area contributed by atoms with Crippen LogP contribution in [0.4, 0.5) is 0 Å². The standard InChI is InChI=1S/C15H23N/c1-12(2)11-16-9-5-6-15-8-7-13(3)14(4)10-15/h5-8,10,12,16H,9,11H2,1-4H3. The van der Waals surface area contributed by atoms with E-state index in [0.717, 1.165) is 19.0 Å². The molecular weight excluding hydrogens is 194 g/mol. The molecule has 0 amide bonds. The number of nitrogens with one attached hydrogen (secondary N) is 1. The third kappa shape index (κ3) is 4.63. The van der Waals surface area contributed by atoms with Gasteiger partial charge in [-0.05, 0) is 43.0 Å². The molecular formula is C15H23N. The van der Waals surface area contributed by atoms with Crippen molar-refractivity contribution in [2.75, 3.05) is 13.1 Å². The van der Waals surface area contributed by atoms with Crippen LogP contribution in [0, 0.1) is 19.8 Å². The topological polar surface area (TPSA) is 12.0 Å². The molecule has 0 spiro atoms. The average molecular weight is 217 g/mol. The summed E-state index contributed by atoms with van der Waals surface area (Å²) in [6.07, 6.45) is 4.37. The van der Waals surface area contributed by atoms with Crippen molar-refractivity contribution in [3.05, 3.63) is 41.0 Å². The highest BCUT2D eigenvalue weighted by Crippen LogP contribution is 2.10. The van der Waals surface area contributed by atoms with Crippen molar-refractivity contribution >= 4 is 6.08 Å². The molecule has 1 N–H and O–H groups in total. The minimum atomic E-state index is 0.718. The van der Waals surface area contributed by atoms with Gasteiger partial charge in [-0.3, -0.25) is 0 Å². The smallest absolute Gasteiger partial charge is 0.0138 e. The van der Waals surface area contributed by atoms with E-state index in [-0.39, 0.29) is 0 Å². The lowest BCUT2D eigenvalue weighted by molar-refractivity contribution is 0.577. The van der Waals surface area contributed by atoms with Crippen LogP contribution in [0.3, 0.4) is 0 Å². The summed E-state index contributed by atoms with van der Waals surface area (Å²) in [5.74, 6) is 0.718. The summed E-state index contributed by atoms with van der Waals surface area (Å²) in [6, 6.07) is 6.58. The van der Waals surface area contributed by atoms with E-state index in [1.807, 2.05) is 0 Å². The molecule has 1 aromatic rings. The summed E-state index contributed by atoms with van der Waals surface area (Å²) >= 11 is 0. The lowest BCUT2D eigenvalue weighted by atomic mass is 10.1. The number of hydrogen-bond donors (Lipinski definition) is 1. The van der Waals surface area contributed by atoms with Crippen molar-refractivity contribution in [2.45, 2.75) is 27.7 Å². The molecule has 0 aliphatic rings. The SMILES string of the molecule is Cc1ccc(C=CCNCC(C)C)cc1C. The molecule has 0 aliphatic carbocycles. The van der Waals surface area contributed by atoms with Crippen LogP contribution in [0.5, 0.6) is 0 Å². The number of hydrogen-bond acceptors (Lipinski definition) is 1. The second-order valence-electron chi connectivity index (χ2n) is 4.80. The molecule has 1 heteroatoms. The van der Waals surface area contributed by atoms with Crippen molar-refractivity contribution in [3.8, 4) is 0 Å². The highest BCUT2D eigenvalue weighted by atomic mass is 14.8. The van der Waals surface area contributed by atoms with Gasteiger partial charge in [0.2, 0.25) is 0 Å². The second-order valence-corrected chi connectivity index (χ2v) is 4.80. The second kappa shape index (κ2) is 6.49. The van der Waals surface area contributed by atoms with E-state index in [1.165, 1.54) is 16.7 Å². The summed E-state index contributed by atoms with van der Waals surface area (Å²) in [7, 11) is 0. The van der Waals surface area contributed by atoms with Crippen molar-refractivity contribution in [3.63, 3.8) is 0 Å². The van der Waals surface area contributed by atoms with Gasteiger partial charge in [-0.1, -0.05) is 44.2 Å². The zero-order chi connectivity index (χ0) is 12.0. The molecule has 0 saturated carbocycles. The van der Waals surface area contributed by atoms with E-state index in [4.69, 9.17) is 0 Å². The Morgan fingerprint density at radius 1 is 1.19 bits per heavy atom. The molecule has 1 nitrogen and oxygen atoms in total. The predicted octanol–water partition coefficient (Wildman–Crippen LogP) is 3.56. The minimum Gasteiger partial charge on any atom is -0.313 e. The van der Waals surface area contributed by atoms with Crippen LogP contribution in [-0.2, 0) is 0 Å². The number of rotatable bonds is 5. The molecule has 1 aromatic carbocycles. The quantitative estimate of drug-likeness (QED) is 0.744. The minimum absolute atomic E-state index is 0.718. The lowest BCUT2D eigenvalue weighted by Gasteiger charge is -2.04. The first kappa shape index (κ1) is 13.0. The normalized spacial score (nSPS) is 11.6. The fourth-order valence-corrected chi connectivity index (χ4v) is 1.52. The summed E-state index contributed by atoms with van der Waals surface area (Å²) < 4.78 is 0. The zero-order valence-electron chi connectivity index (χ0n) is 10.9. The van der Waals surface area contributed by atoms with Gasteiger partial charge in [0, 0.05) is 6.54 Å². The van der Waals surface area contributed by atoms with E-state index in [1.54, 1.807) is 0 Å². The van der Waals surface area contributed by atoms with Crippen molar-refractivity contribution < 1.29 is 0 Å². The number of benzene rings is 1. The number of aryl methyl sites for hydroxylation is 2. The van der Waals surface area contributed by atoms with Crippen LogP contribution >= 0.6 is 0 Å². The van der Waals surface area contributed by atoms with Gasteiger partial charge in [-0.2, -0.15) is 0 Å². The van der Waals surface area contributed by atoms with Gasteiger partial charge in [0.05, 0.1) is 0 Å². The predicted molar refractivity (Wildman–Crippen MR) is 72.7 cm³/mol. The van der Waals surface area contributed by atoms with Gasteiger partial charge < -0.3 is 5.32 Å². The molecule has 88 valence electrons. The van der Waals surface area contributed by atoms with E-state index in [9.17, 15) is 0 Å². The lowest BCUT2D eigenvalue weighted by Crippen LogP contribution is -2.19. The summed E-state index contributed by atoms with van der Waals surface area (Å²) in [6.45, 7) is 10.8. The Bertz CT molecular complexity index is 350. The molecule has 16 heavy (non-hydrogen) atoms. The fraction of sp³-hybridized carbons (Fsp3) is 0.467. The molecule has 0 aliphatic heterocycles. The molecule has 0 atom stereocenters. The molecule has 0 aromatic heterocycles. The first-order chi connectivity index (χ1) is 7.59. The highest BCUT2D eigenvalue weighted by molar-refractivity contribution is 5.51. The third-order valence-corrected chi connectivity index (χ3v) is 2.66. The highest BCUT2D eigenvalue weighted by Gasteiger charge is 1.93. The average Bonchev–Trinajstić information content (AvgIpc) is 2.22. The first-order valence-corrected chi connectivity index (χ1v) is 6.04. The summed E-state index contributed by atoms with van der Waals surface area (Å²) in [5, 5.41) is 3.39. The van der Waals surface area contributed by atoms with E-state index >= 15 is 0 Å². The molecule has 0 fully saturated rings. The monoisotopic (exact) mass is 217 g/mol. The van der Waals surface area contributed by atoms with Gasteiger partial charge in [-0.25, -0.2) is 0 Å². The first-order valence-electron chi connectivity index (χ1n) is 6.04. The Morgan fingerprint density at radius 3 is 2.56 bits per heavy atom. The van der Waals surface area contributed by atoms with Crippen LogP contribution in [0.25, 0.3) is 6.08 Å². The Morgan fingerprint density at radius 2 is 1.94 bits per heavy atom. The van der Waals surface area contributed by atoms with E-state index in [0.29, 0.717) is 0 Å². The molecule has 0 heterocycles. The maximum Gasteiger partial charge on any atom is 0.0138 e. The van der Waals surface area contributed by atoms with Crippen LogP contribution in [0.2, 0.25) is 0 Å². The molecule has 0 unspecified atom stereocenters. The Balaban J connectivity index is 2.41. The van der Waals surface area contributed by atoms with E-state index < -0.39 is 0 Å². The van der Waals surface area contributed by atoms with Crippen LogP contribution in [0.15, 0.2) is 24.3 Å². The Labute approximate surface area is 99.6 Å². The molecule has 0 saturated heterocycles. The largest absolute Gasteiger partial charge is 0.313 e. The van der Waals surface area contributed by atoms with Gasteiger partial charge in [0.1, 0.15) is 0 Å². The van der Waals surface area contributed by atoms with Crippen molar-refractivity contribution in [1.82, 2.24) is 5.32 Å². The fourth-order valence-electron chi connectivity index (χ4n) is 1.52. The van der Waals surface area contributed by atoms with Crippen molar-refractivity contribution in [1.29, 1.82) is 0 Å². The van der Waals surface area contributed by atoms with Crippen molar-refractivity contribution in [2.24, 2.45) is 5.92 Å². The Kier molecular flexibility index (Phi) is 5.27. The molecule has 1 rings (SSSR count). The van der Waals surface area contributed by atoms with Gasteiger partial charge in [0.25, 0.3) is 0 Å². The Hall–Kier alpha value is -1.08. The van der Waals surface area contributed by atoms with Gasteiger partial charge in [0.15, 0.2) is 0 Å². The summed E-state index contributed by atoms with van der Waals surface area (Å²) in [5.41, 5.74) is 4.00. The molecule has 0 bridgehead atoms. The van der Waals surface area contributed by atoms with E-state index in [2.05, 4.69) is 63.4 Å². The maximum atomic E-state index is 3.39. The van der Waals surface area contributed by atoms with Gasteiger partial charge in [-0.15, -0.1) is 0 Å². The third-order valence-electron chi connectivity index (χ3n) is 2.66. The van der Waals surface area contributed by atoms with Gasteiger partial charge >= 0.3 is 0 Å². The zero-order valence-corrected chi connectivity index (χ0v) is 10.9. The van der Waals surface area contributed by atoms with Crippen LogP contribution in [-0.4, -0.2) is 13.1 Å². The maximum absolute atomic E-state index is 3.39. The molecule has 0 radical (unpaired) electrons.